The van der Waals surface area contributed by atoms with Crippen LogP contribution < -0.4 is 0 Å². The molecule has 1 aliphatic heterocycles. The Labute approximate surface area is 149 Å². The number of benzene rings is 2. The first kappa shape index (κ1) is 16.1. The van der Waals surface area contributed by atoms with E-state index in [2.05, 4.69) is 76.6 Å². The molecule has 0 spiro atoms. The highest BCUT2D eigenvalue weighted by molar-refractivity contribution is 5.67. The summed E-state index contributed by atoms with van der Waals surface area (Å²) >= 11 is 0. The molecular formula is C22H25N3. The lowest BCUT2D eigenvalue weighted by molar-refractivity contribution is 0.198. The fourth-order valence-electron chi connectivity index (χ4n) is 3.94. The van der Waals surface area contributed by atoms with Crippen LogP contribution in [0.15, 0.2) is 60.8 Å². The van der Waals surface area contributed by atoms with E-state index in [-0.39, 0.29) is 0 Å². The molecule has 4 rings (SSSR count). The Hall–Kier alpha value is -2.39. The van der Waals surface area contributed by atoms with Crippen molar-refractivity contribution >= 4 is 0 Å². The van der Waals surface area contributed by atoms with Crippen LogP contribution in [0.5, 0.6) is 0 Å². The fraction of sp³-hybridized carbons (Fsp3) is 0.318. The number of hydrogen-bond acceptors (Lipinski definition) is 2. The van der Waals surface area contributed by atoms with Gasteiger partial charge in [-0.3, -0.25) is 10.00 Å². The van der Waals surface area contributed by atoms with Crippen LogP contribution >= 0.6 is 0 Å². The molecule has 1 aliphatic rings. The van der Waals surface area contributed by atoms with E-state index in [4.69, 9.17) is 0 Å². The minimum absolute atomic E-state index is 0.579. The van der Waals surface area contributed by atoms with E-state index in [1.807, 2.05) is 6.20 Å². The van der Waals surface area contributed by atoms with E-state index in [0.29, 0.717) is 5.92 Å². The Bertz CT molecular complexity index is 823. The summed E-state index contributed by atoms with van der Waals surface area (Å²) in [7, 11) is 0. The molecule has 1 fully saturated rings. The average molecular weight is 331 g/mol. The first-order valence-electron chi connectivity index (χ1n) is 9.16. The van der Waals surface area contributed by atoms with Crippen LogP contribution in [0, 0.1) is 6.92 Å². The van der Waals surface area contributed by atoms with Crippen molar-refractivity contribution in [3.63, 3.8) is 0 Å². The quantitative estimate of drug-likeness (QED) is 0.747. The molecule has 1 saturated heterocycles. The van der Waals surface area contributed by atoms with Gasteiger partial charge in [0.15, 0.2) is 0 Å². The zero-order valence-corrected chi connectivity index (χ0v) is 14.8. The molecule has 0 radical (unpaired) electrons. The van der Waals surface area contributed by atoms with Crippen molar-refractivity contribution in [2.24, 2.45) is 0 Å². The number of aromatic amines is 1. The SMILES string of the molecule is Cc1ccccc1-c1cccc(CN2CCC[C@@H](c3ccn[nH]3)C2)c1. The molecule has 0 aliphatic carbocycles. The van der Waals surface area contributed by atoms with Crippen LogP contribution in [0.3, 0.4) is 0 Å². The molecule has 3 aromatic rings. The lowest BCUT2D eigenvalue weighted by Gasteiger charge is -2.32. The van der Waals surface area contributed by atoms with E-state index >= 15 is 0 Å². The highest BCUT2D eigenvalue weighted by atomic mass is 15.1. The maximum absolute atomic E-state index is 4.12. The highest BCUT2D eigenvalue weighted by Crippen LogP contribution is 2.28. The van der Waals surface area contributed by atoms with E-state index in [0.717, 1.165) is 13.1 Å². The van der Waals surface area contributed by atoms with Gasteiger partial charge in [0.2, 0.25) is 0 Å². The van der Waals surface area contributed by atoms with Crippen molar-refractivity contribution in [1.29, 1.82) is 0 Å². The van der Waals surface area contributed by atoms with Crippen molar-refractivity contribution in [3.05, 3.63) is 77.6 Å². The summed E-state index contributed by atoms with van der Waals surface area (Å²) in [6.07, 6.45) is 4.36. The first-order chi connectivity index (χ1) is 12.3. The molecule has 128 valence electrons. The predicted molar refractivity (Wildman–Crippen MR) is 102 cm³/mol. The van der Waals surface area contributed by atoms with Crippen molar-refractivity contribution in [1.82, 2.24) is 15.1 Å². The van der Waals surface area contributed by atoms with E-state index in [9.17, 15) is 0 Å². The van der Waals surface area contributed by atoms with Gasteiger partial charge >= 0.3 is 0 Å². The highest BCUT2D eigenvalue weighted by Gasteiger charge is 2.22. The van der Waals surface area contributed by atoms with Gasteiger partial charge in [0, 0.05) is 30.9 Å². The molecule has 1 N–H and O–H groups in total. The number of aromatic nitrogens is 2. The minimum Gasteiger partial charge on any atom is -0.298 e. The van der Waals surface area contributed by atoms with Gasteiger partial charge in [-0.15, -0.1) is 0 Å². The Morgan fingerprint density at radius 2 is 2.04 bits per heavy atom. The third kappa shape index (κ3) is 3.67. The van der Waals surface area contributed by atoms with Crippen molar-refractivity contribution in [2.75, 3.05) is 13.1 Å². The third-order valence-electron chi connectivity index (χ3n) is 5.26. The molecule has 0 bridgehead atoms. The number of likely N-dealkylation sites (tertiary alicyclic amines) is 1. The summed E-state index contributed by atoms with van der Waals surface area (Å²) < 4.78 is 0. The molecular weight excluding hydrogens is 306 g/mol. The molecule has 0 amide bonds. The summed E-state index contributed by atoms with van der Waals surface area (Å²) in [5.41, 5.74) is 6.65. The fourth-order valence-corrected chi connectivity index (χ4v) is 3.94. The second-order valence-electron chi connectivity index (χ2n) is 7.10. The normalized spacial score (nSPS) is 18.4. The second kappa shape index (κ2) is 7.24. The van der Waals surface area contributed by atoms with Crippen LogP contribution in [-0.2, 0) is 6.54 Å². The summed E-state index contributed by atoms with van der Waals surface area (Å²) in [5, 5.41) is 7.27. The molecule has 3 heteroatoms. The number of nitrogens with one attached hydrogen (secondary N) is 1. The number of piperidine rings is 1. The predicted octanol–water partition coefficient (Wildman–Crippen LogP) is 4.76. The molecule has 2 heterocycles. The summed E-state index contributed by atoms with van der Waals surface area (Å²) in [5.74, 6) is 0.579. The van der Waals surface area contributed by atoms with Crippen molar-refractivity contribution in [3.8, 4) is 11.1 Å². The number of nitrogens with zero attached hydrogens (tertiary/aromatic N) is 2. The second-order valence-corrected chi connectivity index (χ2v) is 7.10. The average Bonchev–Trinajstić information content (AvgIpc) is 3.17. The van der Waals surface area contributed by atoms with Crippen LogP contribution in [-0.4, -0.2) is 28.2 Å². The van der Waals surface area contributed by atoms with E-state index < -0.39 is 0 Å². The lowest BCUT2D eigenvalue weighted by atomic mass is 9.94. The third-order valence-corrected chi connectivity index (χ3v) is 5.26. The molecule has 3 nitrogen and oxygen atoms in total. The Morgan fingerprint density at radius 1 is 1.12 bits per heavy atom. The maximum Gasteiger partial charge on any atom is 0.0490 e. The topological polar surface area (TPSA) is 31.9 Å². The monoisotopic (exact) mass is 331 g/mol. The molecule has 2 aromatic carbocycles. The molecule has 0 saturated carbocycles. The summed E-state index contributed by atoms with van der Waals surface area (Å²) in [6, 6.07) is 19.7. The van der Waals surface area contributed by atoms with Gasteiger partial charge in [0.1, 0.15) is 0 Å². The van der Waals surface area contributed by atoms with Gasteiger partial charge in [-0.25, -0.2) is 0 Å². The zero-order chi connectivity index (χ0) is 17.1. The van der Waals surface area contributed by atoms with Crippen LogP contribution in [0.2, 0.25) is 0 Å². The number of rotatable bonds is 4. The summed E-state index contributed by atoms with van der Waals surface area (Å²) in [4.78, 5) is 2.58. The van der Waals surface area contributed by atoms with Gasteiger partial charge in [0.25, 0.3) is 0 Å². The molecule has 1 atom stereocenters. The van der Waals surface area contributed by atoms with Gasteiger partial charge in [-0.05, 0) is 60.7 Å². The molecule has 1 aromatic heterocycles. The number of H-pyrrole nitrogens is 1. The number of aryl methyl sites for hydroxylation is 1. The minimum atomic E-state index is 0.579. The number of hydrogen-bond donors (Lipinski definition) is 1. The van der Waals surface area contributed by atoms with Crippen LogP contribution in [0.4, 0.5) is 0 Å². The van der Waals surface area contributed by atoms with Crippen LogP contribution in [0.25, 0.3) is 11.1 Å². The van der Waals surface area contributed by atoms with Gasteiger partial charge in [0.05, 0.1) is 0 Å². The zero-order valence-electron chi connectivity index (χ0n) is 14.8. The summed E-state index contributed by atoms with van der Waals surface area (Å²) in [6.45, 7) is 5.49. The van der Waals surface area contributed by atoms with Crippen molar-refractivity contribution < 1.29 is 0 Å². The van der Waals surface area contributed by atoms with Crippen LogP contribution in [0.1, 0.15) is 35.6 Å². The largest absolute Gasteiger partial charge is 0.298 e. The van der Waals surface area contributed by atoms with Gasteiger partial charge < -0.3 is 0 Å². The Balaban J connectivity index is 1.49. The Kier molecular flexibility index (Phi) is 4.66. The lowest BCUT2D eigenvalue weighted by Crippen LogP contribution is -2.34. The van der Waals surface area contributed by atoms with E-state index in [1.165, 1.54) is 47.3 Å². The van der Waals surface area contributed by atoms with Gasteiger partial charge in [-0.1, -0.05) is 42.5 Å². The Morgan fingerprint density at radius 3 is 2.88 bits per heavy atom. The standard InChI is InChI=1S/C22H25N3/c1-17-6-2-3-10-21(17)19-8-4-7-18(14-19)15-25-13-5-9-20(16-25)22-11-12-23-24-22/h2-4,6-8,10-12,14,20H,5,9,13,15-16H2,1H3,(H,23,24)/t20-/m1/s1. The molecule has 25 heavy (non-hydrogen) atoms. The van der Waals surface area contributed by atoms with Crippen molar-refractivity contribution in [2.45, 2.75) is 32.2 Å². The maximum atomic E-state index is 4.12. The van der Waals surface area contributed by atoms with E-state index in [1.54, 1.807) is 0 Å². The molecule has 0 unspecified atom stereocenters. The first-order valence-corrected chi connectivity index (χ1v) is 9.16. The smallest absolute Gasteiger partial charge is 0.0490 e. The van der Waals surface area contributed by atoms with Gasteiger partial charge in [-0.2, -0.15) is 5.10 Å².